The van der Waals surface area contributed by atoms with Crippen LogP contribution < -0.4 is 4.90 Å². The first-order chi connectivity index (χ1) is 31.2. The lowest BCUT2D eigenvalue weighted by Gasteiger charge is -2.34. The van der Waals surface area contributed by atoms with Crippen molar-refractivity contribution in [3.63, 3.8) is 0 Å². The summed E-state index contributed by atoms with van der Waals surface area (Å²) < 4.78 is 2.59. The van der Waals surface area contributed by atoms with E-state index in [1.807, 2.05) is 11.3 Å². The predicted molar refractivity (Wildman–Crippen MR) is 268 cm³/mol. The van der Waals surface area contributed by atoms with E-state index in [2.05, 4.69) is 254 Å². The summed E-state index contributed by atoms with van der Waals surface area (Å²) in [6, 6.07) is 91.5. The van der Waals surface area contributed by atoms with Crippen molar-refractivity contribution >= 4 is 48.6 Å². The second kappa shape index (κ2) is 15.3. The number of rotatable bonds is 8. The largest absolute Gasteiger partial charge is 0.310 e. The van der Waals surface area contributed by atoms with Gasteiger partial charge in [0.1, 0.15) is 0 Å². The van der Waals surface area contributed by atoms with Crippen molar-refractivity contribution in [2.24, 2.45) is 0 Å². The molecule has 0 unspecified atom stereocenters. The highest BCUT2D eigenvalue weighted by Gasteiger charge is 2.46. The van der Waals surface area contributed by atoms with Gasteiger partial charge in [0.25, 0.3) is 0 Å². The number of thiophene rings is 1. The van der Waals surface area contributed by atoms with E-state index in [4.69, 9.17) is 0 Å². The first-order valence-corrected chi connectivity index (χ1v) is 22.5. The molecule has 0 bridgehead atoms. The minimum Gasteiger partial charge on any atom is -0.310 e. The lowest BCUT2D eigenvalue weighted by atomic mass is 9.67. The van der Waals surface area contributed by atoms with Crippen LogP contribution in [0.3, 0.4) is 0 Å². The van der Waals surface area contributed by atoms with E-state index >= 15 is 0 Å². The van der Waals surface area contributed by atoms with Gasteiger partial charge in [0, 0.05) is 37.2 Å². The van der Waals surface area contributed by atoms with Crippen LogP contribution >= 0.6 is 11.3 Å². The quantitative estimate of drug-likeness (QED) is 0.148. The minimum atomic E-state index is -0.480. The summed E-state index contributed by atoms with van der Waals surface area (Å²) in [5.41, 5.74) is 17.8. The molecule has 0 radical (unpaired) electrons. The Morgan fingerprint density at radius 3 is 1.43 bits per heavy atom. The number of anilines is 3. The Kier molecular flexibility index (Phi) is 8.98. The average molecular weight is 820 g/mol. The van der Waals surface area contributed by atoms with Gasteiger partial charge in [-0.05, 0) is 121 Å². The van der Waals surface area contributed by atoms with Gasteiger partial charge in [-0.1, -0.05) is 194 Å². The van der Waals surface area contributed by atoms with Gasteiger partial charge in [0.05, 0.1) is 5.41 Å². The molecule has 0 saturated heterocycles. The fourth-order valence-electron chi connectivity index (χ4n) is 10.1. The summed E-state index contributed by atoms with van der Waals surface area (Å²) in [5, 5.41) is 2.60. The van der Waals surface area contributed by atoms with E-state index in [9.17, 15) is 0 Å². The van der Waals surface area contributed by atoms with Crippen LogP contribution in [0, 0.1) is 0 Å². The normalized spacial score (nSPS) is 12.6. The Balaban J connectivity index is 1.03. The first-order valence-electron chi connectivity index (χ1n) is 21.7. The SMILES string of the molecule is c1ccc(-c2ccc(N(c3ccc(-c4cc5c(cc4-c4ccccc4)C(c4ccccc4)(c4ccccc4)c4ccccc4-5)cc3)c3ccc4c(c3)sc3ccccc34)cc2)cc1. The van der Waals surface area contributed by atoms with Crippen LogP contribution in [0.2, 0.25) is 0 Å². The van der Waals surface area contributed by atoms with Crippen molar-refractivity contribution in [1.29, 1.82) is 0 Å². The Morgan fingerprint density at radius 2 is 0.762 bits per heavy atom. The van der Waals surface area contributed by atoms with Crippen LogP contribution in [-0.4, -0.2) is 0 Å². The highest BCUT2D eigenvalue weighted by molar-refractivity contribution is 7.25. The molecule has 0 saturated carbocycles. The van der Waals surface area contributed by atoms with Crippen molar-refractivity contribution in [2.45, 2.75) is 5.41 Å². The summed E-state index contributed by atoms with van der Waals surface area (Å²) in [7, 11) is 0. The predicted octanol–water partition coefficient (Wildman–Crippen LogP) is 16.9. The number of hydrogen-bond donors (Lipinski definition) is 0. The van der Waals surface area contributed by atoms with E-state index in [1.165, 1.54) is 86.9 Å². The smallest absolute Gasteiger partial charge is 0.0713 e. The molecule has 0 amide bonds. The highest BCUT2D eigenvalue weighted by Crippen LogP contribution is 2.58. The molecule has 0 atom stereocenters. The number of hydrogen-bond acceptors (Lipinski definition) is 2. The van der Waals surface area contributed by atoms with Crippen LogP contribution in [0.15, 0.2) is 249 Å². The number of nitrogens with zero attached hydrogens (tertiary/aromatic N) is 1. The molecule has 0 aliphatic heterocycles. The Bertz CT molecular complexity index is 3370. The standard InChI is InChI=1S/C61H41NS/c1-5-17-42(18-6-1)43-29-33-48(34-30-43)62(50-37-38-53-52-26-14-16-28-59(52)63-60(53)39-50)49-35-31-45(32-36-49)54-40-56-51-25-13-15-27-57(51)61(46-21-9-3-10-22-46,47-23-11-4-12-24-47)58(56)41-55(54)44-19-7-2-8-20-44/h1-41H. The van der Waals surface area contributed by atoms with Gasteiger partial charge < -0.3 is 4.90 Å². The molecule has 1 nitrogen and oxygen atoms in total. The topological polar surface area (TPSA) is 3.24 Å². The molecule has 296 valence electrons. The van der Waals surface area contributed by atoms with Crippen molar-refractivity contribution in [1.82, 2.24) is 0 Å². The Morgan fingerprint density at radius 1 is 0.286 bits per heavy atom. The van der Waals surface area contributed by atoms with Crippen molar-refractivity contribution in [2.75, 3.05) is 4.90 Å². The molecule has 0 fully saturated rings. The van der Waals surface area contributed by atoms with Crippen LogP contribution in [-0.2, 0) is 5.41 Å². The molecule has 1 aromatic heterocycles. The van der Waals surface area contributed by atoms with Crippen molar-refractivity contribution < 1.29 is 0 Å². The van der Waals surface area contributed by atoms with Gasteiger partial charge in [-0.15, -0.1) is 11.3 Å². The maximum atomic E-state index is 2.49. The highest BCUT2D eigenvalue weighted by atomic mass is 32.1. The lowest BCUT2D eigenvalue weighted by Crippen LogP contribution is -2.28. The maximum Gasteiger partial charge on any atom is 0.0713 e. The molecule has 12 rings (SSSR count). The zero-order valence-electron chi connectivity index (χ0n) is 34.5. The summed E-state index contributed by atoms with van der Waals surface area (Å²) in [4.78, 5) is 2.40. The van der Waals surface area contributed by atoms with E-state index in [0.717, 1.165) is 17.1 Å². The van der Waals surface area contributed by atoms with Gasteiger partial charge >= 0.3 is 0 Å². The molecular formula is C61H41NS. The van der Waals surface area contributed by atoms with Gasteiger partial charge in [-0.2, -0.15) is 0 Å². The number of fused-ring (bicyclic) bond motifs is 6. The van der Waals surface area contributed by atoms with E-state index in [1.54, 1.807) is 0 Å². The van der Waals surface area contributed by atoms with Gasteiger partial charge in [0.2, 0.25) is 0 Å². The summed E-state index contributed by atoms with van der Waals surface area (Å²) in [5.74, 6) is 0. The van der Waals surface area contributed by atoms with E-state index in [-0.39, 0.29) is 0 Å². The van der Waals surface area contributed by atoms with E-state index in [0.29, 0.717) is 0 Å². The third-order valence-electron chi connectivity index (χ3n) is 13.0. The Labute approximate surface area is 372 Å². The maximum absolute atomic E-state index is 2.49. The third-order valence-corrected chi connectivity index (χ3v) is 14.1. The fraction of sp³-hybridized carbons (Fsp3) is 0.0164. The molecule has 11 aromatic rings. The third kappa shape index (κ3) is 6.14. The van der Waals surface area contributed by atoms with Crippen LogP contribution in [0.25, 0.3) is 64.7 Å². The summed E-state index contributed by atoms with van der Waals surface area (Å²) in [6.07, 6.45) is 0. The van der Waals surface area contributed by atoms with Crippen molar-refractivity contribution in [3.05, 3.63) is 271 Å². The fourth-order valence-corrected chi connectivity index (χ4v) is 11.2. The molecule has 1 aliphatic rings. The zero-order valence-corrected chi connectivity index (χ0v) is 35.3. The molecule has 2 heteroatoms. The Hall–Kier alpha value is -7.78. The zero-order chi connectivity index (χ0) is 41.7. The minimum absolute atomic E-state index is 0.480. The summed E-state index contributed by atoms with van der Waals surface area (Å²) in [6.45, 7) is 0. The monoisotopic (exact) mass is 819 g/mol. The molecule has 10 aromatic carbocycles. The second-order valence-corrected chi connectivity index (χ2v) is 17.5. The molecular weight excluding hydrogens is 779 g/mol. The van der Waals surface area contributed by atoms with Crippen LogP contribution in [0.1, 0.15) is 22.3 Å². The molecule has 0 spiro atoms. The van der Waals surface area contributed by atoms with E-state index < -0.39 is 5.41 Å². The molecule has 1 aliphatic carbocycles. The molecule has 1 heterocycles. The van der Waals surface area contributed by atoms with Gasteiger partial charge in [-0.25, -0.2) is 0 Å². The molecule has 63 heavy (non-hydrogen) atoms. The number of benzene rings is 10. The summed E-state index contributed by atoms with van der Waals surface area (Å²) >= 11 is 1.86. The van der Waals surface area contributed by atoms with Crippen LogP contribution in [0.5, 0.6) is 0 Å². The first kappa shape index (κ1) is 37.0. The lowest BCUT2D eigenvalue weighted by molar-refractivity contribution is 0.769. The van der Waals surface area contributed by atoms with Gasteiger partial charge in [-0.3, -0.25) is 0 Å². The van der Waals surface area contributed by atoms with Crippen molar-refractivity contribution in [3.8, 4) is 44.5 Å². The molecule has 0 N–H and O–H groups in total. The van der Waals surface area contributed by atoms with Gasteiger partial charge in [0.15, 0.2) is 0 Å². The van der Waals surface area contributed by atoms with Crippen LogP contribution in [0.4, 0.5) is 17.1 Å². The average Bonchev–Trinajstić information content (AvgIpc) is 3.88. The second-order valence-electron chi connectivity index (χ2n) is 16.4.